The zero-order chi connectivity index (χ0) is 10.7. The quantitative estimate of drug-likeness (QED) is 0.693. The lowest BCUT2D eigenvalue weighted by atomic mass is 10.0. The van der Waals surface area contributed by atoms with Crippen molar-refractivity contribution in [3.63, 3.8) is 0 Å². The number of phenolic OH excluding ortho intramolecular Hbond substituents is 1. The first kappa shape index (κ1) is 11.0. The van der Waals surface area contributed by atoms with Gasteiger partial charge in [0.2, 0.25) is 0 Å². The van der Waals surface area contributed by atoms with E-state index in [4.69, 9.17) is 10.4 Å². The van der Waals surface area contributed by atoms with Crippen LogP contribution in [0, 0.1) is 11.3 Å². The minimum absolute atomic E-state index is 0.119. The topological polar surface area (TPSA) is 84.5 Å². The molecular formula is C9H8BrNO3. The lowest BCUT2D eigenvalue weighted by molar-refractivity contribution is 0.0511. The molecule has 0 aliphatic heterocycles. The molecule has 0 heterocycles. The molecule has 1 aromatic rings. The molecule has 0 aromatic heterocycles. The van der Waals surface area contributed by atoms with Crippen LogP contribution in [-0.4, -0.2) is 21.4 Å². The number of hydrogen-bond donors (Lipinski definition) is 3. The molecule has 3 N–H and O–H groups in total. The zero-order valence-electron chi connectivity index (χ0n) is 7.05. The second-order valence-corrected chi connectivity index (χ2v) is 3.55. The molecule has 74 valence electrons. The van der Waals surface area contributed by atoms with Crippen LogP contribution in [-0.2, 0) is 0 Å². The number of phenols is 1. The Labute approximate surface area is 89.2 Å². The standard InChI is InChI=1S/C9H8BrNO3/c10-6-3-1-2-5(8(6)13)9(14)7(12)4-11/h1-3,7,9,12-14H. The predicted octanol–water partition coefficient (Wildman–Crippen LogP) is 1.07. The Bertz CT molecular complexity index is 375. The van der Waals surface area contributed by atoms with Crippen molar-refractivity contribution in [2.24, 2.45) is 0 Å². The van der Waals surface area contributed by atoms with Crippen molar-refractivity contribution < 1.29 is 15.3 Å². The minimum Gasteiger partial charge on any atom is -0.506 e. The Hall–Kier alpha value is -1.09. The molecule has 0 saturated heterocycles. The van der Waals surface area contributed by atoms with E-state index in [0.29, 0.717) is 4.47 Å². The number of benzene rings is 1. The molecule has 2 atom stereocenters. The van der Waals surface area contributed by atoms with E-state index < -0.39 is 12.2 Å². The number of hydrogen-bond acceptors (Lipinski definition) is 4. The van der Waals surface area contributed by atoms with E-state index in [1.54, 1.807) is 12.1 Å². The van der Waals surface area contributed by atoms with Crippen LogP contribution in [0.5, 0.6) is 5.75 Å². The van der Waals surface area contributed by atoms with Gasteiger partial charge in [-0.25, -0.2) is 0 Å². The number of rotatable bonds is 2. The molecule has 0 spiro atoms. The number of nitrogens with zero attached hydrogens (tertiary/aromatic N) is 1. The smallest absolute Gasteiger partial charge is 0.170 e. The maximum Gasteiger partial charge on any atom is 0.170 e. The fourth-order valence-electron chi connectivity index (χ4n) is 1.01. The van der Waals surface area contributed by atoms with Gasteiger partial charge in [0.1, 0.15) is 11.9 Å². The highest BCUT2D eigenvalue weighted by Gasteiger charge is 2.21. The molecule has 4 nitrogen and oxygen atoms in total. The van der Waals surface area contributed by atoms with Crippen molar-refractivity contribution in [1.29, 1.82) is 5.26 Å². The summed E-state index contributed by atoms with van der Waals surface area (Å²) in [5, 5.41) is 36.4. The van der Waals surface area contributed by atoms with E-state index in [-0.39, 0.29) is 11.3 Å². The van der Waals surface area contributed by atoms with Gasteiger partial charge < -0.3 is 15.3 Å². The van der Waals surface area contributed by atoms with Gasteiger partial charge in [0.25, 0.3) is 0 Å². The van der Waals surface area contributed by atoms with Gasteiger partial charge in [0, 0.05) is 5.56 Å². The summed E-state index contributed by atoms with van der Waals surface area (Å²) in [6.07, 6.45) is -2.95. The number of aliphatic hydroxyl groups excluding tert-OH is 2. The predicted molar refractivity (Wildman–Crippen MR) is 52.4 cm³/mol. The first-order chi connectivity index (χ1) is 6.57. The van der Waals surface area contributed by atoms with Crippen molar-refractivity contribution in [3.05, 3.63) is 28.2 Å². The summed E-state index contributed by atoms with van der Waals surface area (Å²) < 4.78 is 0.402. The highest BCUT2D eigenvalue weighted by atomic mass is 79.9. The van der Waals surface area contributed by atoms with E-state index >= 15 is 0 Å². The Morgan fingerprint density at radius 2 is 2.00 bits per heavy atom. The van der Waals surface area contributed by atoms with Crippen LogP contribution in [0.15, 0.2) is 22.7 Å². The lowest BCUT2D eigenvalue weighted by Crippen LogP contribution is -2.15. The van der Waals surface area contributed by atoms with E-state index in [2.05, 4.69) is 15.9 Å². The zero-order valence-corrected chi connectivity index (χ0v) is 8.64. The van der Waals surface area contributed by atoms with Gasteiger partial charge in [-0.1, -0.05) is 12.1 Å². The normalized spacial score (nSPS) is 14.4. The van der Waals surface area contributed by atoms with Crippen molar-refractivity contribution in [2.75, 3.05) is 0 Å². The molecule has 0 aliphatic rings. The maximum absolute atomic E-state index is 9.48. The number of aliphatic hydroxyl groups is 2. The van der Waals surface area contributed by atoms with Crippen molar-refractivity contribution >= 4 is 15.9 Å². The maximum atomic E-state index is 9.48. The number of aromatic hydroxyl groups is 1. The third-order valence-electron chi connectivity index (χ3n) is 1.77. The lowest BCUT2D eigenvalue weighted by Gasteiger charge is -2.13. The van der Waals surface area contributed by atoms with Crippen molar-refractivity contribution in [2.45, 2.75) is 12.2 Å². The largest absolute Gasteiger partial charge is 0.506 e. The Balaban J connectivity index is 3.08. The van der Waals surface area contributed by atoms with Crippen LogP contribution < -0.4 is 0 Å². The number of halogens is 1. The number of para-hydroxylation sites is 1. The molecule has 14 heavy (non-hydrogen) atoms. The highest BCUT2D eigenvalue weighted by Crippen LogP contribution is 2.32. The van der Waals surface area contributed by atoms with Gasteiger partial charge in [0.15, 0.2) is 6.10 Å². The van der Waals surface area contributed by atoms with Gasteiger partial charge in [-0.2, -0.15) is 5.26 Å². The average molecular weight is 258 g/mol. The van der Waals surface area contributed by atoms with E-state index in [9.17, 15) is 10.2 Å². The molecule has 0 saturated carbocycles. The third kappa shape index (κ3) is 2.04. The van der Waals surface area contributed by atoms with Crippen LogP contribution in [0.25, 0.3) is 0 Å². The Morgan fingerprint density at radius 3 is 2.57 bits per heavy atom. The van der Waals surface area contributed by atoms with Crippen molar-refractivity contribution in [1.82, 2.24) is 0 Å². The second kappa shape index (κ2) is 4.42. The summed E-state index contributed by atoms with van der Waals surface area (Å²) >= 11 is 3.06. The summed E-state index contributed by atoms with van der Waals surface area (Å²) in [6.45, 7) is 0. The van der Waals surface area contributed by atoms with Gasteiger partial charge in [0.05, 0.1) is 10.5 Å². The molecule has 2 unspecified atom stereocenters. The van der Waals surface area contributed by atoms with Crippen LogP contribution in [0.4, 0.5) is 0 Å². The first-order valence-electron chi connectivity index (χ1n) is 3.81. The van der Waals surface area contributed by atoms with E-state index in [1.165, 1.54) is 12.1 Å². The summed E-state index contributed by atoms with van der Waals surface area (Å²) in [5.74, 6) is -0.172. The molecule has 5 heteroatoms. The monoisotopic (exact) mass is 257 g/mol. The summed E-state index contributed by atoms with van der Waals surface area (Å²) in [6, 6.07) is 6.10. The molecule has 0 bridgehead atoms. The summed E-state index contributed by atoms with van der Waals surface area (Å²) in [7, 11) is 0. The summed E-state index contributed by atoms with van der Waals surface area (Å²) in [5.41, 5.74) is 0.119. The molecule has 1 rings (SSSR count). The van der Waals surface area contributed by atoms with Gasteiger partial charge >= 0.3 is 0 Å². The van der Waals surface area contributed by atoms with Crippen LogP contribution in [0.1, 0.15) is 11.7 Å². The Kier molecular flexibility index (Phi) is 3.47. The summed E-state index contributed by atoms with van der Waals surface area (Å²) in [4.78, 5) is 0. The average Bonchev–Trinajstić information content (AvgIpc) is 2.20. The fourth-order valence-corrected chi connectivity index (χ4v) is 1.39. The third-order valence-corrected chi connectivity index (χ3v) is 2.41. The van der Waals surface area contributed by atoms with Crippen molar-refractivity contribution in [3.8, 4) is 11.8 Å². The Morgan fingerprint density at radius 1 is 1.36 bits per heavy atom. The van der Waals surface area contributed by atoms with Crippen LogP contribution in [0.3, 0.4) is 0 Å². The SMILES string of the molecule is N#CC(O)C(O)c1cccc(Br)c1O. The molecule has 0 aliphatic carbocycles. The first-order valence-corrected chi connectivity index (χ1v) is 4.60. The van der Waals surface area contributed by atoms with Gasteiger partial charge in [-0.3, -0.25) is 0 Å². The van der Waals surface area contributed by atoms with Gasteiger partial charge in [-0.15, -0.1) is 0 Å². The highest BCUT2D eigenvalue weighted by molar-refractivity contribution is 9.10. The molecule has 0 fully saturated rings. The van der Waals surface area contributed by atoms with Crippen LogP contribution >= 0.6 is 15.9 Å². The second-order valence-electron chi connectivity index (χ2n) is 2.70. The molecule has 0 amide bonds. The molecular weight excluding hydrogens is 250 g/mol. The molecule has 1 aromatic carbocycles. The van der Waals surface area contributed by atoms with E-state index in [0.717, 1.165) is 0 Å². The minimum atomic E-state index is -1.55. The van der Waals surface area contributed by atoms with Gasteiger partial charge in [-0.05, 0) is 22.0 Å². The van der Waals surface area contributed by atoms with E-state index in [1.807, 2.05) is 0 Å². The molecule has 0 radical (unpaired) electrons. The fraction of sp³-hybridized carbons (Fsp3) is 0.222. The number of nitriles is 1. The van der Waals surface area contributed by atoms with Crippen LogP contribution in [0.2, 0.25) is 0 Å².